The van der Waals surface area contributed by atoms with Crippen LogP contribution in [0.5, 0.6) is 0 Å². The minimum Gasteiger partial charge on any atom is -0.444 e. The number of imide groups is 1. The largest absolute Gasteiger partial charge is 0.444 e. The summed E-state index contributed by atoms with van der Waals surface area (Å²) in [7, 11) is 0. The number of rotatable bonds is 5. The number of carbonyl (C=O) groups excluding carboxylic acids is 3. The van der Waals surface area contributed by atoms with E-state index in [2.05, 4.69) is 20.9 Å². The summed E-state index contributed by atoms with van der Waals surface area (Å²) in [5, 5.41) is 9.71. The van der Waals surface area contributed by atoms with Gasteiger partial charge in [0.2, 0.25) is 11.8 Å². The molecule has 0 aliphatic carbocycles. The number of nitrogens with one attached hydrogen (secondary N) is 3. The number of carbonyl (C=O) groups is 3. The number of hydrogen-bond acceptors (Lipinski definition) is 7. The zero-order valence-electron chi connectivity index (χ0n) is 14.6. The molecular weight excluding hydrogens is 344 g/mol. The highest BCUT2D eigenvalue weighted by molar-refractivity contribution is 7.07. The van der Waals surface area contributed by atoms with Crippen LogP contribution in [0.2, 0.25) is 0 Å². The van der Waals surface area contributed by atoms with Crippen molar-refractivity contribution in [2.24, 2.45) is 0 Å². The van der Waals surface area contributed by atoms with Crippen LogP contribution in [0.4, 0.5) is 4.79 Å². The number of alkyl carbamates (subject to hydrolysis) is 1. The van der Waals surface area contributed by atoms with Crippen molar-refractivity contribution in [1.82, 2.24) is 20.9 Å². The lowest BCUT2D eigenvalue weighted by molar-refractivity contribution is -0.132. The molecule has 2 heterocycles. The van der Waals surface area contributed by atoms with E-state index < -0.39 is 23.6 Å². The lowest BCUT2D eigenvalue weighted by atomic mass is 10.1. The van der Waals surface area contributed by atoms with Crippen molar-refractivity contribution in [2.75, 3.05) is 6.54 Å². The van der Waals surface area contributed by atoms with Gasteiger partial charge < -0.3 is 15.4 Å². The van der Waals surface area contributed by atoms with Gasteiger partial charge in [-0.15, -0.1) is 11.3 Å². The van der Waals surface area contributed by atoms with Crippen molar-refractivity contribution in [2.45, 2.75) is 57.7 Å². The molecule has 0 spiro atoms. The number of thiazole rings is 1. The molecule has 0 saturated carbocycles. The molecule has 1 saturated heterocycles. The third kappa shape index (κ3) is 6.43. The number of aromatic nitrogens is 1. The van der Waals surface area contributed by atoms with Crippen molar-refractivity contribution in [3.8, 4) is 0 Å². The highest BCUT2D eigenvalue weighted by Crippen LogP contribution is 2.10. The van der Waals surface area contributed by atoms with E-state index in [1.54, 1.807) is 31.7 Å². The number of ether oxygens (including phenoxy) is 1. The van der Waals surface area contributed by atoms with Gasteiger partial charge in [-0.05, 0) is 40.2 Å². The normalized spacial score (nSPS) is 18.4. The third-order valence-corrected chi connectivity index (χ3v) is 4.16. The van der Waals surface area contributed by atoms with E-state index in [0.717, 1.165) is 13.0 Å². The first-order chi connectivity index (χ1) is 11.7. The Morgan fingerprint density at radius 2 is 2.20 bits per heavy atom. The van der Waals surface area contributed by atoms with Gasteiger partial charge in [-0.1, -0.05) is 0 Å². The van der Waals surface area contributed by atoms with Crippen molar-refractivity contribution in [1.29, 1.82) is 0 Å². The summed E-state index contributed by atoms with van der Waals surface area (Å²) >= 11 is 1.39. The smallest absolute Gasteiger partial charge is 0.408 e. The van der Waals surface area contributed by atoms with Gasteiger partial charge in [0, 0.05) is 11.8 Å². The summed E-state index contributed by atoms with van der Waals surface area (Å²) in [5.41, 5.74) is 1.62. The van der Waals surface area contributed by atoms with Crippen LogP contribution in [0.1, 0.15) is 39.3 Å². The average Bonchev–Trinajstić information content (AvgIpc) is 3.17. The fraction of sp³-hybridized carbons (Fsp3) is 0.625. The van der Waals surface area contributed by atoms with Gasteiger partial charge in [0.05, 0.1) is 17.2 Å². The molecule has 1 aromatic rings. The van der Waals surface area contributed by atoms with Gasteiger partial charge in [-0.2, -0.15) is 0 Å². The van der Waals surface area contributed by atoms with Gasteiger partial charge >= 0.3 is 6.09 Å². The van der Waals surface area contributed by atoms with Gasteiger partial charge in [-0.25, -0.2) is 9.78 Å². The fourth-order valence-corrected chi connectivity index (χ4v) is 2.98. The van der Waals surface area contributed by atoms with E-state index in [9.17, 15) is 14.4 Å². The summed E-state index contributed by atoms with van der Waals surface area (Å²) in [5.74, 6) is -0.950. The SMILES string of the molecule is CC(C)(C)OC(=O)N[C@@H](Cc1cscn1)C(=O)NC(=O)[C@@H]1CCCN1. The molecule has 1 aliphatic heterocycles. The van der Waals surface area contributed by atoms with E-state index in [4.69, 9.17) is 4.74 Å². The standard InChI is InChI=1S/C16H24N4O4S/c1-16(2,3)24-15(23)19-12(7-10-8-25-9-18-10)14(22)20-13(21)11-5-4-6-17-11/h8-9,11-12,17H,4-7H2,1-3H3,(H,19,23)(H,20,21,22)/t11-,12-/m0/s1. The lowest BCUT2D eigenvalue weighted by Crippen LogP contribution is -2.53. The van der Waals surface area contributed by atoms with Crippen LogP contribution in [0, 0.1) is 0 Å². The Morgan fingerprint density at radius 3 is 2.76 bits per heavy atom. The van der Waals surface area contributed by atoms with Crippen LogP contribution in [0.25, 0.3) is 0 Å². The summed E-state index contributed by atoms with van der Waals surface area (Å²) in [6, 6.07) is -1.31. The van der Waals surface area contributed by atoms with Crippen molar-refractivity contribution >= 4 is 29.2 Å². The Kier molecular flexibility index (Phi) is 6.49. The topological polar surface area (TPSA) is 109 Å². The number of amides is 3. The summed E-state index contributed by atoms with van der Waals surface area (Å²) in [4.78, 5) is 40.8. The second-order valence-electron chi connectivity index (χ2n) is 6.89. The summed E-state index contributed by atoms with van der Waals surface area (Å²) in [6.45, 7) is 5.96. The van der Waals surface area contributed by atoms with E-state index in [1.807, 2.05) is 0 Å². The zero-order valence-corrected chi connectivity index (χ0v) is 15.4. The monoisotopic (exact) mass is 368 g/mol. The lowest BCUT2D eigenvalue weighted by Gasteiger charge is -2.23. The van der Waals surface area contributed by atoms with Crippen molar-refractivity contribution in [3.05, 3.63) is 16.6 Å². The average molecular weight is 368 g/mol. The molecule has 138 valence electrons. The molecule has 1 aromatic heterocycles. The van der Waals surface area contributed by atoms with E-state index in [-0.39, 0.29) is 18.4 Å². The minimum absolute atomic E-state index is 0.181. The van der Waals surface area contributed by atoms with Gasteiger partial charge in [0.25, 0.3) is 0 Å². The quantitative estimate of drug-likeness (QED) is 0.715. The predicted octanol–water partition coefficient (Wildman–Crippen LogP) is 0.974. The summed E-state index contributed by atoms with van der Waals surface area (Å²) < 4.78 is 5.20. The second kappa shape index (κ2) is 8.39. The van der Waals surface area contributed by atoms with E-state index >= 15 is 0 Å². The Balaban J connectivity index is 2.00. The van der Waals surface area contributed by atoms with Crippen LogP contribution in [-0.4, -0.2) is 47.1 Å². The molecular formula is C16H24N4O4S. The molecule has 3 N–H and O–H groups in total. The first-order valence-corrected chi connectivity index (χ1v) is 9.13. The molecule has 1 aliphatic rings. The Labute approximate surface area is 150 Å². The molecule has 0 bridgehead atoms. The maximum atomic E-state index is 12.5. The first-order valence-electron chi connectivity index (χ1n) is 8.19. The molecule has 25 heavy (non-hydrogen) atoms. The molecule has 9 heteroatoms. The van der Waals surface area contributed by atoms with Crippen molar-refractivity contribution < 1.29 is 19.1 Å². The highest BCUT2D eigenvalue weighted by Gasteiger charge is 2.29. The fourth-order valence-electron chi connectivity index (χ4n) is 2.41. The molecule has 2 atom stereocenters. The van der Waals surface area contributed by atoms with Crippen LogP contribution in [0.15, 0.2) is 10.9 Å². The Bertz CT molecular complexity index is 606. The van der Waals surface area contributed by atoms with Gasteiger partial charge in [0.1, 0.15) is 11.6 Å². The molecule has 1 fully saturated rings. The first kappa shape index (κ1) is 19.3. The second-order valence-corrected chi connectivity index (χ2v) is 7.60. The number of hydrogen-bond donors (Lipinski definition) is 3. The molecule has 8 nitrogen and oxygen atoms in total. The predicted molar refractivity (Wildman–Crippen MR) is 93.2 cm³/mol. The van der Waals surface area contributed by atoms with Crippen molar-refractivity contribution in [3.63, 3.8) is 0 Å². The molecule has 0 radical (unpaired) electrons. The third-order valence-electron chi connectivity index (χ3n) is 3.53. The van der Waals surface area contributed by atoms with Crippen LogP contribution >= 0.6 is 11.3 Å². The molecule has 0 unspecified atom stereocenters. The van der Waals surface area contributed by atoms with E-state index in [1.165, 1.54) is 11.3 Å². The Hall–Kier alpha value is -2.00. The molecule has 0 aromatic carbocycles. The van der Waals surface area contributed by atoms with Gasteiger partial charge in [0.15, 0.2) is 0 Å². The van der Waals surface area contributed by atoms with E-state index in [0.29, 0.717) is 12.1 Å². The maximum absolute atomic E-state index is 12.5. The minimum atomic E-state index is -0.942. The van der Waals surface area contributed by atoms with Gasteiger partial charge in [-0.3, -0.25) is 14.9 Å². The summed E-state index contributed by atoms with van der Waals surface area (Å²) in [6.07, 6.45) is 1.05. The van der Waals surface area contributed by atoms with Crippen LogP contribution < -0.4 is 16.0 Å². The molecule has 2 rings (SSSR count). The Morgan fingerprint density at radius 1 is 1.44 bits per heavy atom. The van der Waals surface area contributed by atoms with Crippen LogP contribution in [-0.2, 0) is 20.7 Å². The number of nitrogens with zero attached hydrogens (tertiary/aromatic N) is 1. The zero-order chi connectivity index (χ0) is 18.4. The maximum Gasteiger partial charge on any atom is 0.408 e. The highest BCUT2D eigenvalue weighted by atomic mass is 32.1. The van der Waals surface area contributed by atoms with Crippen LogP contribution in [0.3, 0.4) is 0 Å². The molecule has 3 amide bonds.